The summed E-state index contributed by atoms with van der Waals surface area (Å²) in [7, 11) is 0. The van der Waals surface area contributed by atoms with Crippen molar-refractivity contribution < 1.29 is 17.6 Å². The molecule has 0 spiro atoms. The maximum absolute atomic E-state index is 14.7. The van der Waals surface area contributed by atoms with Gasteiger partial charge in [-0.25, -0.2) is 18.9 Å². The Morgan fingerprint density at radius 1 is 1.17 bits per heavy atom. The van der Waals surface area contributed by atoms with Gasteiger partial charge < -0.3 is 0 Å². The van der Waals surface area contributed by atoms with E-state index in [1.165, 1.54) is 12.1 Å². The molecule has 2 aromatic carbocycles. The van der Waals surface area contributed by atoms with E-state index in [0.717, 1.165) is 46.9 Å². The molecular weight excluding hydrogens is 442 g/mol. The Hall–Kier alpha value is -2.26. The van der Waals surface area contributed by atoms with E-state index in [2.05, 4.69) is 10.2 Å². The smallest absolute Gasteiger partial charge is 0.246 e. The first kappa shape index (κ1) is 22.4. The van der Waals surface area contributed by atoms with Crippen molar-refractivity contribution in [1.82, 2.24) is 14.8 Å². The molecule has 0 aliphatic heterocycles. The largest absolute Gasteiger partial charge is 0.418 e. The number of rotatable bonds is 6. The van der Waals surface area contributed by atoms with Gasteiger partial charge in [0.1, 0.15) is 5.82 Å². The third-order valence-electron chi connectivity index (χ3n) is 4.76. The highest BCUT2D eigenvalue weighted by atomic mass is 35.5. The molecule has 0 aliphatic carbocycles. The van der Waals surface area contributed by atoms with Gasteiger partial charge in [-0.3, -0.25) is 0 Å². The van der Waals surface area contributed by atoms with E-state index in [1.54, 1.807) is 12.1 Å². The lowest BCUT2D eigenvalue weighted by Crippen LogP contribution is -2.20. The second-order valence-electron chi connectivity index (χ2n) is 6.61. The fourth-order valence-electron chi connectivity index (χ4n) is 3.21. The molecule has 160 valence electrons. The molecule has 0 fully saturated rings. The molecule has 0 bridgehead atoms. The van der Waals surface area contributed by atoms with Crippen LogP contribution in [0.4, 0.5) is 17.6 Å². The van der Waals surface area contributed by atoms with Crippen LogP contribution in [0.1, 0.15) is 43.7 Å². The molecule has 1 heterocycles. The summed E-state index contributed by atoms with van der Waals surface area (Å²) in [6, 6.07) is 7.79. The van der Waals surface area contributed by atoms with Crippen LogP contribution < -0.4 is 5.69 Å². The number of nitrogens with zero attached hydrogens (tertiary/aromatic N) is 2. The van der Waals surface area contributed by atoms with Gasteiger partial charge in [-0.15, -0.1) is 5.10 Å². The minimum atomic E-state index is -4.75. The van der Waals surface area contributed by atoms with Crippen molar-refractivity contribution in [2.24, 2.45) is 0 Å². The van der Waals surface area contributed by atoms with Gasteiger partial charge in [-0.2, -0.15) is 13.2 Å². The van der Waals surface area contributed by atoms with Crippen LogP contribution in [-0.4, -0.2) is 14.8 Å². The molecule has 0 atom stereocenters. The zero-order valence-electron chi connectivity index (χ0n) is 16.1. The lowest BCUT2D eigenvalue weighted by molar-refractivity contribution is -0.137. The van der Waals surface area contributed by atoms with Crippen LogP contribution in [-0.2, 0) is 6.18 Å². The van der Waals surface area contributed by atoms with Crippen LogP contribution in [0.25, 0.3) is 5.69 Å². The summed E-state index contributed by atoms with van der Waals surface area (Å²) in [5.74, 6) is -0.316. The van der Waals surface area contributed by atoms with E-state index in [1.807, 2.05) is 13.8 Å². The summed E-state index contributed by atoms with van der Waals surface area (Å²) in [4.78, 5) is 12.4. The maximum atomic E-state index is 14.7. The molecule has 0 unspecified atom stereocenters. The van der Waals surface area contributed by atoms with Crippen LogP contribution >= 0.6 is 23.4 Å². The fourth-order valence-corrected chi connectivity index (χ4v) is 4.23. The first-order valence-electron chi connectivity index (χ1n) is 9.17. The predicted molar refractivity (Wildman–Crippen MR) is 108 cm³/mol. The number of nitrogens with one attached hydrogen (secondary N) is 1. The number of hydrogen-bond acceptors (Lipinski definition) is 3. The number of alkyl halides is 3. The third kappa shape index (κ3) is 4.57. The van der Waals surface area contributed by atoms with Crippen molar-refractivity contribution in [1.29, 1.82) is 0 Å². The van der Waals surface area contributed by atoms with Crippen molar-refractivity contribution in [2.75, 3.05) is 0 Å². The highest BCUT2D eigenvalue weighted by Crippen LogP contribution is 2.37. The summed E-state index contributed by atoms with van der Waals surface area (Å²) in [6.45, 7) is 4.03. The average Bonchev–Trinajstić information content (AvgIpc) is 3.04. The van der Waals surface area contributed by atoms with E-state index in [9.17, 15) is 22.4 Å². The zero-order chi connectivity index (χ0) is 22.1. The lowest BCUT2D eigenvalue weighted by Gasteiger charge is -2.15. The number of H-pyrrole nitrogens is 1. The van der Waals surface area contributed by atoms with Gasteiger partial charge in [0.25, 0.3) is 0 Å². The highest BCUT2D eigenvalue weighted by molar-refractivity contribution is 7.99. The normalized spacial score (nSPS) is 12.0. The molecule has 0 aliphatic rings. The van der Waals surface area contributed by atoms with Gasteiger partial charge in [0.2, 0.25) is 5.16 Å². The first-order chi connectivity index (χ1) is 14.2. The minimum Gasteiger partial charge on any atom is -0.246 e. The Kier molecular flexibility index (Phi) is 6.62. The van der Waals surface area contributed by atoms with Crippen LogP contribution in [0.5, 0.6) is 0 Å². The second-order valence-corrected chi connectivity index (χ2v) is 8.06. The Labute approximate surface area is 179 Å². The second kappa shape index (κ2) is 8.85. The summed E-state index contributed by atoms with van der Waals surface area (Å²) < 4.78 is 55.9. The van der Waals surface area contributed by atoms with E-state index in [4.69, 9.17) is 11.6 Å². The topological polar surface area (TPSA) is 50.7 Å². The Bertz CT molecular complexity index is 1110. The number of hydrogen-bond donors (Lipinski definition) is 1. The number of benzene rings is 2. The van der Waals surface area contributed by atoms with Gasteiger partial charge >= 0.3 is 11.9 Å². The molecule has 0 amide bonds. The average molecular weight is 460 g/mol. The zero-order valence-corrected chi connectivity index (χ0v) is 17.6. The van der Waals surface area contributed by atoms with Crippen molar-refractivity contribution >= 4 is 23.4 Å². The van der Waals surface area contributed by atoms with Crippen molar-refractivity contribution in [3.8, 4) is 5.69 Å². The number of aromatic nitrogens is 3. The van der Waals surface area contributed by atoms with Gasteiger partial charge in [0.05, 0.1) is 16.1 Å². The molecule has 10 heteroatoms. The molecule has 0 radical (unpaired) electrons. The molecular formula is C20H18ClF4N3OS. The summed E-state index contributed by atoms with van der Waals surface area (Å²) in [5, 5.41) is 5.67. The SMILES string of the molecule is CCC(CC)c1ccc(Sc2n[nH]c(=O)n2-c2ccc(Cl)cc2C(F)(F)F)c(F)c1. The Morgan fingerprint density at radius 3 is 2.47 bits per heavy atom. The molecule has 3 aromatic rings. The summed E-state index contributed by atoms with van der Waals surface area (Å²) in [5.41, 5.74) is -1.56. The molecule has 4 nitrogen and oxygen atoms in total. The van der Waals surface area contributed by atoms with Gasteiger partial charge in [-0.1, -0.05) is 31.5 Å². The van der Waals surface area contributed by atoms with Crippen molar-refractivity contribution in [2.45, 2.75) is 48.8 Å². The van der Waals surface area contributed by atoms with Gasteiger partial charge in [-0.05, 0) is 66.4 Å². The third-order valence-corrected chi connectivity index (χ3v) is 6.00. The Balaban J connectivity index is 2.04. The van der Waals surface area contributed by atoms with Gasteiger partial charge in [0.15, 0.2) is 0 Å². The van der Waals surface area contributed by atoms with E-state index < -0.39 is 28.9 Å². The fraction of sp³-hybridized carbons (Fsp3) is 0.300. The minimum absolute atomic E-state index is 0.123. The van der Waals surface area contributed by atoms with Crippen molar-refractivity contribution in [3.63, 3.8) is 0 Å². The van der Waals surface area contributed by atoms with Crippen molar-refractivity contribution in [3.05, 3.63) is 68.8 Å². The molecule has 3 rings (SSSR count). The lowest BCUT2D eigenvalue weighted by atomic mass is 9.94. The van der Waals surface area contributed by atoms with E-state index in [0.29, 0.717) is 0 Å². The molecule has 0 saturated heterocycles. The molecule has 1 N–H and O–H groups in total. The molecule has 1 aromatic heterocycles. The standard InChI is InChI=1S/C20H18ClF4N3OS/c1-3-11(4-2)12-5-8-17(15(22)9-12)30-19-27-26-18(29)28(19)16-7-6-13(21)10-14(16)20(23,24)25/h5-11H,3-4H2,1-2H3,(H,26,29). The first-order valence-corrected chi connectivity index (χ1v) is 10.4. The molecule has 30 heavy (non-hydrogen) atoms. The Morgan fingerprint density at radius 2 is 1.87 bits per heavy atom. The van der Waals surface area contributed by atoms with Crippen LogP contribution in [0.15, 0.2) is 51.2 Å². The quantitative estimate of drug-likeness (QED) is 0.432. The number of aromatic amines is 1. The van der Waals surface area contributed by atoms with Crippen LogP contribution in [0.2, 0.25) is 5.02 Å². The monoisotopic (exact) mass is 459 g/mol. The van der Waals surface area contributed by atoms with E-state index in [-0.39, 0.29) is 21.0 Å². The van der Waals surface area contributed by atoms with Gasteiger partial charge in [0, 0.05) is 5.02 Å². The summed E-state index contributed by atoms with van der Waals surface area (Å²) in [6.07, 6.45) is -3.03. The van der Waals surface area contributed by atoms with Crippen LogP contribution in [0, 0.1) is 5.82 Å². The molecule has 0 saturated carbocycles. The number of halogens is 5. The maximum Gasteiger partial charge on any atom is 0.418 e. The van der Waals surface area contributed by atoms with Crippen LogP contribution in [0.3, 0.4) is 0 Å². The van der Waals surface area contributed by atoms with E-state index >= 15 is 0 Å². The summed E-state index contributed by atoms with van der Waals surface area (Å²) >= 11 is 6.47. The highest BCUT2D eigenvalue weighted by Gasteiger charge is 2.35. The predicted octanol–water partition coefficient (Wildman–Crippen LogP) is 6.43.